The Morgan fingerprint density at radius 3 is 2.69 bits per heavy atom. The Kier molecular flexibility index (Phi) is 7.76. The van der Waals surface area contributed by atoms with E-state index in [1.165, 1.54) is 35.8 Å². The maximum Gasteiger partial charge on any atom is 0.338 e. The minimum absolute atomic E-state index is 0.0475. The molecule has 0 saturated carbocycles. The van der Waals surface area contributed by atoms with Gasteiger partial charge < -0.3 is 14.2 Å². The van der Waals surface area contributed by atoms with Gasteiger partial charge in [-0.3, -0.25) is 9.36 Å². The predicted molar refractivity (Wildman–Crippen MR) is 148 cm³/mol. The largest absolute Gasteiger partial charge is 0.493 e. The van der Waals surface area contributed by atoms with Crippen molar-refractivity contribution in [2.45, 2.75) is 26.5 Å². The molecule has 7 nitrogen and oxygen atoms in total. The number of fused-ring (bicyclic) bond motifs is 1. The molecule has 200 valence electrons. The number of thiophene rings is 1. The Balaban J connectivity index is 1.52. The summed E-state index contributed by atoms with van der Waals surface area (Å²) in [6.45, 7) is 3.77. The molecule has 0 aliphatic carbocycles. The number of benzene rings is 2. The zero-order valence-corrected chi connectivity index (χ0v) is 23.1. The molecule has 0 fully saturated rings. The Morgan fingerprint density at radius 1 is 1.15 bits per heavy atom. The fourth-order valence-corrected chi connectivity index (χ4v) is 6.19. The van der Waals surface area contributed by atoms with E-state index in [1.54, 1.807) is 60.9 Å². The Bertz CT molecular complexity index is 1740. The number of allylic oxidation sites excluding steroid dienone is 1. The highest BCUT2D eigenvalue weighted by atomic mass is 32.1. The molecule has 0 N–H and O–H groups in total. The second-order valence-corrected chi connectivity index (χ2v) is 10.6. The van der Waals surface area contributed by atoms with Gasteiger partial charge in [0.05, 0.1) is 29.5 Å². The van der Waals surface area contributed by atoms with E-state index in [9.17, 15) is 14.0 Å². The first-order valence-corrected chi connectivity index (χ1v) is 13.9. The van der Waals surface area contributed by atoms with Crippen LogP contribution < -0.4 is 24.4 Å². The van der Waals surface area contributed by atoms with Gasteiger partial charge in [-0.15, -0.1) is 11.3 Å². The fourth-order valence-electron chi connectivity index (χ4n) is 4.32. The average molecular weight is 565 g/mol. The Labute approximate surface area is 231 Å². The van der Waals surface area contributed by atoms with Gasteiger partial charge in [-0.1, -0.05) is 41.7 Å². The number of carbonyl (C=O) groups excluding carboxylic acids is 1. The van der Waals surface area contributed by atoms with Crippen LogP contribution in [-0.2, 0) is 16.1 Å². The molecule has 3 heterocycles. The smallest absolute Gasteiger partial charge is 0.338 e. The van der Waals surface area contributed by atoms with E-state index in [1.807, 2.05) is 17.5 Å². The Hall–Kier alpha value is -4.02. The number of esters is 1. The number of ether oxygens (including phenoxy) is 3. The maximum absolute atomic E-state index is 14.0. The molecular formula is C29H25FN2O5S2. The number of hydrogen-bond donors (Lipinski definition) is 0. The minimum atomic E-state index is -0.619. The highest BCUT2D eigenvalue weighted by Gasteiger charge is 2.33. The third-order valence-corrected chi connectivity index (χ3v) is 8.06. The molecule has 1 aliphatic heterocycles. The molecule has 0 saturated heterocycles. The summed E-state index contributed by atoms with van der Waals surface area (Å²) in [7, 11) is 1.52. The molecule has 0 amide bonds. The predicted octanol–water partition coefficient (Wildman–Crippen LogP) is 4.59. The topological polar surface area (TPSA) is 79.1 Å². The SMILES string of the molecule is CCOC(=O)C1=C(C)N=c2s/c(=C\c3ccc(OCc4ccccc4F)c(OC)c3)c(=O)n2[C@H]1c1cccs1. The van der Waals surface area contributed by atoms with Gasteiger partial charge in [-0.05, 0) is 55.1 Å². The normalized spacial score (nSPS) is 15.1. The van der Waals surface area contributed by atoms with Crippen LogP contribution in [0, 0.1) is 5.82 Å². The summed E-state index contributed by atoms with van der Waals surface area (Å²) < 4.78 is 32.6. The number of rotatable bonds is 8. The van der Waals surface area contributed by atoms with Gasteiger partial charge in [0.25, 0.3) is 5.56 Å². The van der Waals surface area contributed by atoms with Crippen molar-refractivity contribution in [3.8, 4) is 11.5 Å². The van der Waals surface area contributed by atoms with Crippen molar-refractivity contribution in [2.24, 2.45) is 4.99 Å². The van der Waals surface area contributed by atoms with Crippen LogP contribution in [0.4, 0.5) is 4.39 Å². The number of nitrogens with zero attached hydrogens (tertiary/aromatic N) is 2. The average Bonchev–Trinajstić information content (AvgIpc) is 3.56. The quantitative estimate of drug-likeness (QED) is 0.293. The van der Waals surface area contributed by atoms with Crippen molar-refractivity contribution in [3.05, 3.63) is 113 Å². The lowest BCUT2D eigenvalue weighted by Gasteiger charge is -2.23. The lowest BCUT2D eigenvalue weighted by molar-refractivity contribution is -0.139. The van der Waals surface area contributed by atoms with Crippen molar-refractivity contribution in [3.63, 3.8) is 0 Å². The van der Waals surface area contributed by atoms with Crippen molar-refractivity contribution < 1.29 is 23.4 Å². The van der Waals surface area contributed by atoms with Gasteiger partial charge in [0.2, 0.25) is 0 Å². The molecule has 4 aromatic rings. The summed E-state index contributed by atoms with van der Waals surface area (Å²) in [6, 6.07) is 14.9. The number of halogens is 1. The van der Waals surface area contributed by atoms with Crippen LogP contribution in [0.25, 0.3) is 6.08 Å². The molecule has 39 heavy (non-hydrogen) atoms. The van der Waals surface area contributed by atoms with E-state index in [0.717, 1.165) is 4.88 Å². The van der Waals surface area contributed by atoms with E-state index in [2.05, 4.69) is 4.99 Å². The zero-order valence-electron chi connectivity index (χ0n) is 21.5. The second kappa shape index (κ2) is 11.4. The number of hydrogen-bond acceptors (Lipinski definition) is 8. The second-order valence-electron chi connectivity index (χ2n) is 8.61. The van der Waals surface area contributed by atoms with Crippen molar-refractivity contribution in [2.75, 3.05) is 13.7 Å². The first-order chi connectivity index (χ1) is 18.9. The Morgan fingerprint density at radius 2 is 1.97 bits per heavy atom. The molecule has 2 aromatic heterocycles. The van der Waals surface area contributed by atoms with Crippen molar-refractivity contribution in [1.29, 1.82) is 0 Å². The standard InChI is InChI=1S/C29H25FN2O5S2/c1-4-36-28(34)25-17(2)31-29-32(26(25)23-10-7-13-38-23)27(33)24(39-29)15-18-11-12-21(22(14-18)35-3)37-16-19-8-5-6-9-20(19)30/h5-15,26H,4,16H2,1-3H3/b24-15-/t26-/m0/s1. The lowest BCUT2D eigenvalue weighted by atomic mass is 10.0. The number of methoxy groups -OCH3 is 1. The highest BCUT2D eigenvalue weighted by molar-refractivity contribution is 7.10. The summed E-state index contributed by atoms with van der Waals surface area (Å²) in [5.74, 6) is 0.0735. The zero-order chi connectivity index (χ0) is 27.5. The van der Waals surface area contributed by atoms with E-state index >= 15 is 0 Å². The van der Waals surface area contributed by atoms with Crippen LogP contribution >= 0.6 is 22.7 Å². The van der Waals surface area contributed by atoms with Crippen LogP contribution in [0.3, 0.4) is 0 Å². The molecule has 0 spiro atoms. The summed E-state index contributed by atoms with van der Waals surface area (Å²) in [4.78, 5) is 32.5. The van der Waals surface area contributed by atoms with Gasteiger partial charge in [-0.2, -0.15) is 0 Å². The van der Waals surface area contributed by atoms with Gasteiger partial charge >= 0.3 is 5.97 Å². The number of carbonyl (C=O) groups is 1. The summed E-state index contributed by atoms with van der Waals surface area (Å²) in [5, 5.41) is 1.91. The first kappa shape index (κ1) is 26.6. The van der Waals surface area contributed by atoms with E-state index in [4.69, 9.17) is 14.2 Å². The minimum Gasteiger partial charge on any atom is -0.493 e. The summed E-state index contributed by atoms with van der Waals surface area (Å²) in [6.07, 6.45) is 1.75. The lowest BCUT2D eigenvalue weighted by Crippen LogP contribution is -2.39. The monoisotopic (exact) mass is 564 g/mol. The highest BCUT2D eigenvalue weighted by Crippen LogP contribution is 2.33. The van der Waals surface area contributed by atoms with Gasteiger partial charge in [0, 0.05) is 10.4 Å². The van der Waals surface area contributed by atoms with Crippen LogP contribution in [-0.4, -0.2) is 24.3 Å². The van der Waals surface area contributed by atoms with E-state index in [-0.39, 0.29) is 24.6 Å². The van der Waals surface area contributed by atoms with Crippen LogP contribution in [0.1, 0.15) is 35.9 Å². The molecule has 1 atom stereocenters. The van der Waals surface area contributed by atoms with Gasteiger partial charge in [0.15, 0.2) is 16.3 Å². The van der Waals surface area contributed by atoms with Crippen LogP contribution in [0.15, 0.2) is 81.0 Å². The molecule has 0 bridgehead atoms. The number of thiazole rings is 1. The van der Waals surface area contributed by atoms with Crippen LogP contribution in [0.5, 0.6) is 11.5 Å². The van der Waals surface area contributed by atoms with Gasteiger partial charge in [-0.25, -0.2) is 14.2 Å². The third kappa shape index (κ3) is 5.30. The first-order valence-electron chi connectivity index (χ1n) is 12.2. The fraction of sp³-hybridized carbons (Fsp3) is 0.207. The van der Waals surface area contributed by atoms with E-state index < -0.39 is 12.0 Å². The summed E-state index contributed by atoms with van der Waals surface area (Å²) >= 11 is 2.71. The third-order valence-electron chi connectivity index (χ3n) is 6.16. The molecule has 10 heteroatoms. The molecule has 2 aromatic carbocycles. The molecule has 0 radical (unpaired) electrons. The van der Waals surface area contributed by atoms with Crippen molar-refractivity contribution in [1.82, 2.24) is 4.57 Å². The van der Waals surface area contributed by atoms with Crippen LogP contribution in [0.2, 0.25) is 0 Å². The van der Waals surface area contributed by atoms with E-state index in [0.29, 0.717) is 43.2 Å². The van der Waals surface area contributed by atoms with Crippen molar-refractivity contribution >= 4 is 34.7 Å². The molecule has 0 unspecified atom stereocenters. The number of aromatic nitrogens is 1. The molecular weight excluding hydrogens is 539 g/mol. The maximum atomic E-state index is 14.0. The molecule has 1 aliphatic rings. The molecule has 5 rings (SSSR count). The van der Waals surface area contributed by atoms with Gasteiger partial charge in [0.1, 0.15) is 18.5 Å². The summed E-state index contributed by atoms with van der Waals surface area (Å²) in [5.41, 5.74) is 1.77.